The van der Waals surface area contributed by atoms with Crippen molar-refractivity contribution in [3.63, 3.8) is 0 Å². The fraction of sp³-hybridized carbons (Fsp3) is 0.571. The molecule has 0 bridgehead atoms. The first kappa shape index (κ1) is 21.6. The van der Waals surface area contributed by atoms with E-state index in [1.165, 1.54) is 12.1 Å². The van der Waals surface area contributed by atoms with Gasteiger partial charge in [0.2, 0.25) is 5.54 Å². The summed E-state index contributed by atoms with van der Waals surface area (Å²) in [6.07, 6.45) is -3.27. The van der Waals surface area contributed by atoms with Crippen LogP contribution in [-0.4, -0.2) is 53.5 Å². The summed E-state index contributed by atoms with van der Waals surface area (Å²) in [6.45, 7) is 3.88. The van der Waals surface area contributed by atoms with Crippen molar-refractivity contribution in [2.75, 3.05) is 13.2 Å². The molecule has 2 atom stereocenters. The van der Waals surface area contributed by atoms with Gasteiger partial charge in [-0.15, -0.1) is 0 Å². The molecule has 168 valence electrons. The number of hydrogen-bond donors (Lipinski definition) is 1. The highest BCUT2D eigenvalue weighted by Crippen LogP contribution is 2.52. The van der Waals surface area contributed by atoms with Crippen molar-refractivity contribution >= 4 is 17.6 Å². The Hall–Kier alpha value is -2.62. The number of carbonyl (C=O) groups is 3. The van der Waals surface area contributed by atoms with Crippen molar-refractivity contribution in [1.29, 1.82) is 0 Å². The average Bonchev–Trinajstić information content (AvgIpc) is 3.38. The number of alkyl halides is 3. The first-order chi connectivity index (χ1) is 14.5. The van der Waals surface area contributed by atoms with Crippen LogP contribution in [0, 0.1) is 5.41 Å². The fourth-order valence-electron chi connectivity index (χ4n) is 4.65. The summed E-state index contributed by atoms with van der Waals surface area (Å²) in [7, 11) is 0. The highest BCUT2D eigenvalue weighted by atomic mass is 19.4. The number of ether oxygens (including phenoxy) is 1. The van der Waals surface area contributed by atoms with Gasteiger partial charge < -0.3 is 19.4 Å². The van der Waals surface area contributed by atoms with Gasteiger partial charge >= 0.3 is 6.18 Å². The molecule has 0 aromatic carbocycles. The minimum absolute atomic E-state index is 0.0128. The summed E-state index contributed by atoms with van der Waals surface area (Å²) in [4.78, 5) is 40.0. The van der Waals surface area contributed by atoms with E-state index in [9.17, 15) is 27.6 Å². The molecule has 3 heterocycles. The van der Waals surface area contributed by atoms with E-state index in [-0.39, 0.29) is 30.8 Å². The highest BCUT2D eigenvalue weighted by Gasteiger charge is 2.71. The molecule has 4 rings (SSSR count). The largest absolute Gasteiger partial charge is 0.459 e. The van der Waals surface area contributed by atoms with Crippen molar-refractivity contribution in [3.05, 3.63) is 35.4 Å². The van der Waals surface area contributed by atoms with Crippen LogP contribution in [0.15, 0.2) is 34.1 Å². The lowest BCUT2D eigenvalue weighted by Crippen LogP contribution is -2.66. The molecule has 0 saturated carbocycles. The molecule has 1 aromatic rings. The monoisotopic (exact) mass is 440 g/mol. The number of furan rings is 1. The third-order valence-corrected chi connectivity index (χ3v) is 6.00. The Morgan fingerprint density at radius 2 is 2.03 bits per heavy atom. The number of Topliss-reactive ketones (excluding diaryl/α,β-unsaturated/α-hetero) is 1. The third kappa shape index (κ3) is 3.46. The van der Waals surface area contributed by atoms with Crippen LogP contribution >= 0.6 is 0 Å². The zero-order chi connectivity index (χ0) is 22.6. The second kappa shape index (κ2) is 7.22. The predicted octanol–water partition coefficient (Wildman–Crippen LogP) is 2.97. The molecule has 1 N–H and O–H groups in total. The van der Waals surface area contributed by atoms with Gasteiger partial charge in [-0.2, -0.15) is 13.2 Å². The molecule has 0 radical (unpaired) electrons. The number of amides is 2. The Labute approximate surface area is 176 Å². The van der Waals surface area contributed by atoms with Crippen LogP contribution in [0.1, 0.15) is 50.1 Å². The maximum absolute atomic E-state index is 14.6. The first-order valence-electron chi connectivity index (χ1n) is 10.1. The number of nitrogens with one attached hydrogen (secondary N) is 1. The summed E-state index contributed by atoms with van der Waals surface area (Å²) >= 11 is 0. The zero-order valence-corrected chi connectivity index (χ0v) is 17.2. The van der Waals surface area contributed by atoms with Gasteiger partial charge in [-0.25, -0.2) is 0 Å². The summed E-state index contributed by atoms with van der Waals surface area (Å²) in [5, 5.41) is 1.83. The summed E-state index contributed by atoms with van der Waals surface area (Å²) in [5.74, 6) is -3.79. The van der Waals surface area contributed by atoms with E-state index >= 15 is 0 Å². The van der Waals surface area contributed by atoms with E-state index in [2.05, 4.69) is 0 Å². The van der Waals surface area contributed by atoms with E-state index in [0.29, 0.717) is 13.0 Å². The summed E-state index contributed by atoms with van der Waals surface area (Å²) < 4.78 is 54.2. The molecule has 2 amide bonds. The SMILES string of the molecule is CC1(C)CC(=O)C2=C(C1)N(CC1CCCO1)C(=O)C2(NC(=O)c1ccco1)C(F)(F)F. The number of halogens is 3. The molecule has 2 aliphatic heterocycles. The number of carbonyl (C=O) groups excluding carboxylic acids is 3. The molecular weight excluding hydrogens is 417 g/mol. The maximum Gasteiger partial charge on any atom is 0.425 e. The highest BCUT2D eigenvalue weighted by molar-refractivity contribution is 6.14. The lowest BCUT2D eigenvalue weighted by atomic mass is 9.72. The number of ketones is 1. The van der Waals surface area contributed by atoms with Crippen LogP contribution in [0.25, 0.3) is 0 Å². The quantitative estimate of drug-likeness (QED) is 0.778. The van der Waals surface area contributed by atoms with Gasteiger partial charge in [-0.05, 0) is 36.8 Å². The lowest BCUT2D eigenvalue weighted by molar-refractivity contribution is -0.191. The second-order valence-electron chi connectivity index (χ2n) is 8.99. The minimum atomic E-state index is -5.24. The van der Waals surface area contributed by atoms with Crippen molar-refractivity contribution < 1.29 is 36.7 Å². The number of nitrogens with zero attached hydrogens (tertiary/aromatic N) is 1. The van der Waals surface area contributed by atoms with Crippen molar-refractivity contribution in [3.8, 4) is 0 Å². The Morgan fingerprint density at radius 3 is 2.61 bits per heavy atom. The van der Waals surface area contributed by atoms with Crippen LogP contribution in [0.4, 0.5) is 13.2 Å². The molecule has 2 unspecified atom stereocenters. The minimum Gasteiger partial charge on any atom is -0.459 e. The van der Waals surface area contributed by atoms with Gasteiger partial charge in [0, 0.05) is 18.7 Å². The number of allylic oxidation sites excluding steroid dienone is 1. The van der Waals surface area contributed by atoms with Gasteiger partial charge in [0.15, 0.2) is 11.5 Å². The first-order valence-corrected chi connectivity index (χ1v) is 10.1. The van der Waals surface area contributed by atoms with E-state index in [1.54, 1.807) is 13.8 Å². The molecule has 1 aromatic heterocycles. The van der Waals surface area contributed by atoms with Gasteiger partial charge in [-0.1, -0.05) is 13.8 Å². The number of rotatable bonds is 4. The van der Waals surface area contributed by atoms with E-state index in [1.807, 2.05) is 5.32 Å². The van der Waals surface area contributed by atoms with Crippen molar-refractivity contribution in [1.82, 2.24) is 10.2 Å². The molecule has 7 nitrogen and oxygen atoms in total. The molecule has 3 aliphatic rings. The summed E-state index contributed by atoms with van der Waals surface area (Å²) in [6, 6.07) is 2.53. The summed E-state index contributed by atoms with van der Waals surface area (Å²) in [5.41, 5.74) is -4.77. The Morgan fingerprint density at radius 1 is 1.29 bits per heavy atom. The van der Waals surface area contributed by atoms with Crippen LogP contribution in [0.3, 0.4) is 0 Å². The third-order valence-electron chi connectivity index (χ3n) is 6.00. The predicted molar refractivity (Wildman–Crippen MR) is 101 cm³/mol. The standard InChI is InChI=1S/C21H23F3N2O5/c1-19(2)9-13-16(14(27)10-19)20(21(22,23)24,25-17(28)15-6-4-8-31-15)18(29)26(13)11-12-5-3-7-30-12/h4,6,8,12H,3,5,7,9-11H2,1-2H3,(H,25,28). The van der Waals surface area contributed by atoms with Crippen LogP contribution in [0.2, 0.25) is 0 Å². The Kier molecular flexibility index (Phi) is 5.03. The van der Waals surface area contributed by atoms with Crippen LogP contribution in [0.5, 0.6) is 0 Å². The molecule has 0 spiro atoms. The van der Waals surface area contributed by atoms with Gasteiger partial charge in [0.25, 0.3) is 11.8 Å². The molecule has 1 fully saturated rings. The molecule has 1 saturated heterocycles. The van der Waals surface area contributed by atoms with E-state index < -0.39 is 46.4 Å². The molecular formula is C21H23F3N2O5. The molecule has 10 heteroatoms. The van der Waals surface area contributed by atoms with Crippen LogP contribution in [-0.2, 0) is 14.3 Å². The van der Waals surface area contributed by atoms with Crippen LogP contribution < -0.4 is 5.32 Å². The molecule has 1 aliphatic carbocycles. The Bertz CT molecular complexity index is 945. The van der Waals surface area contributed by atoms with Crippen molar-refractivity contribution in [2.45, 2.75) is 57.3 Å². The normalized spacial score (nSPS) is 28.3. The smallest absolute Gasteiger partial charge is 0.425 e. The van der Waals surface area contributed by atoms with Gasteiger partial charge in [0.1, 0.15) is 0 Å². The van der Waals surface area contributed by atoms with E-state index in [0.717, 1.165) is 17.6 Å². The van der Waals surface area contributed by atoms with Crippen molar-refractivity contribution in [2.24, 2.45) is 5.41 Å². The number of hydrogen-bond acceptors (Lipinski definition) is 5. The molecule has 31 heavy (non-hydrogen) atoms. The average molecular weight is 440 g/mol. The topological polar surface area (TPSA) is 88.9 Å². The fourth-order valence-corrected chi connectivity index (χ4v) is 4.65. The zero-order valence-electron chi connectivity index (χ0n) is 17.2. The van der Waals surface area contributed by atoms with Gasteiger partial charge in [-0.3, -0.25) is 14.4 Å². The Balaban J connectivity index is 1.84. The van der Waals surface area contributed by atoms with Gasteiger partial charge in [0.05, 0.1) is 24.5 Å². The second-order valence-corrected chi connectivity index (χ2v) is 8.99. The lowest BCUT2D eigenvalue weighted by Gasteiger charge is -2.35. The maximum atomic E-state index is 14.6. The van der Waals surface area contributed by atoms with E-state index in [4.69, 9.17) is 9.15 Å².